The van der Waals surface area contributed by atoms with Gasteiger partial charge in [-0.15, -0.1) is 0 Å². The van der Waals surface area contributed by atoms with Gasteiger partial charge in [-0.2, -0.15) is 0 Å². The van der Waals surface area contributed by atoms with Crippen molar-refractivity contribution in [2.24, 2.45) is 0 Å². The lowest BCUT2D eigenvalue weighted by Crippen LogP contribution is -2.30. The Balaban J connectivity index is 1.52. The van der Waals surface area contributed by atoms with Gasteiger partial charge >= 0.3 is 0 Å². The van der Waals surface area contributed by atoms with Crippen molar-refractivity contribution < 1.29 is 19.1 Å². The first-order valence-corrected chi connectivity index (χ1v) is 11.4. The summed E-state index contributed by atoms with van der Waals surface area (Å²) in [4.78, 5) is 27.1. The molecule has 0 aliphatic carbocycles. The first-order chi connectivity index (χ1) is 16.6. The summed E-state index contributed by atoms with van der Waals surface area (Å²) in [6.07, 6.45) is 0. The van der Waals surface area contributed by atoms with E-state index in [1.807, 2.05) is 50.2 Å². The maximum absolute atomic E-state index is 13.0. The van der Waals surface area contributed by atoms with Crippen LogP contribution in [0.3, 0.4) is 0 Å². The molecule has 0 bridgehead atoms. The van der Waals surface area contributed by atoms with Gasteiger partial charge in [0.05, 0.1) is 13.2 Å². The van der Waals surface area contributed by atoms with Gasteiger partial charge < -0.3 is 25.0 Å². The van der Waals surface area contributed by atoms with Crippen LogP contribution in [0.5, 0.6) is 5.75 Å². The number of nitrogens with zero attached hydrogens (tertiary/aromatic N) is 1. The van der Waals surface area contributed by atoms with E-state index < -0.39 is 0 Å². The van der Waals surface area contributed by atoms with E-state index in [1.54, 1.807) is 47.4 Å². The predicted molar refractivity (Wildman–Crippen MR) is 136 cm³/mol. The topological polar surface area (TPSA) is 79.9 Å². The van der Waals surface area contributed by atoms with Crippen molar-refractivity contribution in [1.29, 1.82) is 0 Å². The number of hydrogen-bond donors (Lipinski definition) is 2. The smallest absolute Gasteiger partial charge is 0.258 e. The molecule has 0 aliphatic heterocycles. The summed E-state index contributed by atoms with van der Waals surface area (Å²) in [5, 5.41) is 5.93. The van der Waals surface area contributed by atoms with E-state index in [9.17, 15) is 9.59 Å². The molecule has 7 nitrogen and oxygen atoms in total. The molecule has 3 rings (SSSR count). The molecule has 2 N–H and O–H groups in total. The van der Waals surface area contributed by atoms with Crippen LogP contribution in [0, 0.1) is 0 Å². The zero-order chi connectivity index (χ0) is 24.2. The van der Waals surface area contributed by atoms with Crippen molar-refractivity contribution in [2.45, 2.75) is 13.8 Å². The molecular weight excluding hydrogens is 430 g/mol. The number of rotatable bonds is 12. The number of carbonyl (C=O) groups is 2. The van der Waals surface area contributed by atoms with Gasteiger partial charge in [-0.1, -0.05) is 24.3 Å². The number of carbonyl (C=O) groups excluding carboxylic acids is 2. The average molecular weight is 462 g/mol. The molecule has 0 heterocycles. The van der Waals surface area contributed by atoms with Crippen LogP contribution in [0.2, 0.25) is 0 Å². The maximum Gasteiger partial charge on any atom is 0.258 e. The largest absolute Gasteiger partial charge is 0.491 e. The predicted octanol–water partition coefficient (Wildman–Crippen LogP) is 4.82. The van der Waals surface area contributed by atoms with Crippen LogP contribution in [0.4, 0.5) is 17.1 Å². The van der Waals surface area contributed by atoms with Gasteiger partial charge in [0.1, 0.15) is 12.4 Å². The molecule has 0 radical (unpaired) electrons. The molecule has 178 valence electrons. The van der Waals surface area contributed by atoms with E-state index >= 15 is 0 Å². The van der Waals surface area contributed by atoms with Gasteiger partial charge in [-0.05, 0) is 68.4 Å². The highest BCUT2D eigenvalue weighted by molar-refractivity contribution is 6.06. The average Bonchev–Trinajstić information content (AvgIpc) is 2.87. The number of ether oxygens (including phenoxy) is 2. The van der Waals surface area contributed by atoms with Crippen molar-refractivity contribution in [3.8, 4) is 5.75 Å². The molecule has 3 aromatic carbocycles. The van der Waals surface area contributed by atoms with Gasteiger partial charge in [0.15, 0.2) is 0 Å². The molecule has 7 heteroatoms. The van der Waals surface area contributed by atoms with Crippen molar-refractivity contribution in [1.82, 2.24) is 0 Å². The molecule has 0 aliphatic rings. The summed E-state index contributed by atoms with van der Waals surface area (Å²) in [5.41, 5.74) is 2.77. The van der Waals surface area contributed by atoms with Crippen LogP contribution < -0.4 is 20.3 Å². The fraction of sp³-hybridized carbons (Fsp3) is 0.259. The third kappa shape index (κ3) is 7.35. The van der Waals surface area contributed by atoms with Gasteiger partial charge in [0.2, 0.25) is 5.91 Å². The van der Waals surface area contributed by atoms with E-state index in [2.05, 4.69) is 10.6 Å². The SMILES string of the molecule is CCOCCOc1ccc(NC(=O)CNc2cccc(C(=O)N(CC)c3ccccc3)c2)cc1. The Morgan fingerprint density at radius 2 is 1.62 bits per heavy atom. The van der Waals surface area contributed by atoms with E-state index in [4.69, 9.17) is 9.47 Å². The lowest BCUT2D eigenvalue weighted by molar-refractivity contribution is -0.114. The number of para-hydroxylation sites is 1. The van der Waals surface area contributed by atoms with E-state index in [0.29, 0.717) is 49.1 Å². The molecule has 3 aromatic rings. The number of anilines is 3. The molecular formula is C27H31N3O4. The minimum Gasteiger partial charge on any atom is -0.491 e. The first-order valence-electron chi connectivity index (χ1n) is 11.4. The zero-order valence-corrected chi connectivity index (χ0v) is 19.6. The van der Waals surface area contributed by atoms with E-state index in [0.717, 1.165) is 5.69 Å². The van der Waals surface area contributed by atoms with Crippen molar-refractivity contribution in [3.63, 3.8) is 0 Å². The Labute approximate surface area is 200 Å². The summed E-state index contributed by atoms with van der Waals surface area (Å²) in [7, 11) is 0. The number of amides is 2. The quantitative estimate of drug-likeness (QED) is 0.378. The minimum atomic E-state index is -0.193. The number of benzene rings is 3. The van der Waals surface area contributed by atoms with Gasteiger partial charge in [-0.3, -0.25) is 9.59 Å². The zero-order valence-electron chi connectivity index (χ0n) is 19.6. The molecule has 2 amide bonds. The normalized spacial score (nSPS) is 10.4. The summed E-state index contributed by atoms with van der Waals surface area (Å²) in [6.45, 7) is 6.18. The highest BCUT2D eigenvalue weighted by atomic mass is 16.5. The van der Waals surface area contributed by atoms with Crippen LogP contribution in [-0.2, 0) is 9.53 Å². The summed E-state index contributed by atoms with van der Waals surface area (Å²) in [5.74, 6) is 0.431. The molecule has 0 saturated carbocycles. The Hall–Kier alpha value is -3.84. The summed E-state index contributed by atoms with van der Waals surface area (Å²) in [6, 6.07) is 23.9. The van der Waals surface area contributed by atoms with Crippen molar-refractivity contribution >= 4 is 28.9 Å². The molecule has 0 fully saturated rings. The van der Waals surface area contributed by atoms with Crippen LogP contribution in [0.1, 0.15) is 24.2 Å². The van der Waals surface area contributed by atoms with Gasteiger partial charge in [0.25, 0.3) is 5.91 Å². The van der Waals surface area contributed by atoms with Crippen molar-refractivity contribution in [3.05, 3.63) is 84.4 Å². The van der Waals surface area contributed by atoms with Gasteiger partial charge in [-0.25, -0.2) is 0 Å². The Morgan fingerprint density at radius 3 is 2.32 bits per heavy atom. The van der Waals surface area contributed by atoms with Crippen LogP contribution >= 0.6 is 0 Å². The fourth-order valence-electron chi connectivity index (χ4n) is 3.35. The van der Waals surface area contributed by atoms with E-state index in [-0.39, 0.29) is 18.4 Å². The number of hydrogen-bond acceptors (Lipinski definition) is 5. The highest BCUT2D eigenvalue weighted by Gasteiger charge is 2.16. The van der Waals surface area contributed by atoms with Crippen LogP contribution in [0.15, 0.2) is 78.9 Å². The lowest BCUT2D eigenvalue weighted by atomic mass is 10.1. The molecule has 0 saturated heterocycles. The second kappa shape index (κ2) is 13.0. The van der Waals surface area contributed by atoms with Crippen molar-refractivity contribution in [2.75, 3.05) is 48.4 Å². The highest BCUT2D eigenvalue weighted by Crippen LogP contribution is 2.19. The Bertz CT molecular complexity index is 1050. The van der Waals surface area contributed by atoms with Crippen LogP contribution in [0.25, 0.3) is 0 Å². The summed E-state index contributed by atoms with van der Waals surface area (Å²) < 4.78 is 10.8. The Morgan fingerprint density at radius 1 is 0.853 bits per heavy atom. The maximum atomic E-state index is 13.0. The first kappa shape index (κ1) is 24.8. The second-order valence-electron chi connectivity index (χ2n) is 7.44. The number of nitrogens with one attached hydrogen (secondary N) is 2. The third-order valence-corrected chi connectivity index (χ3v) is 5.03. The van der Waals surface area contributed by atoms with Gasteiger partial charge in [0, 0.05) is 35.8 Å². The minimum absolute atomic E-state index is 0.0699. The standard InChI is InChI=1S/C27H31N3O4/c1-3-30(24-11-6-5-7-12-24)27(32)21-9-8-10-23(19-21)28-20-26(31)29-22-13-15-25(16-14-22)34-18-17-33-4-2/h5-16,19,28H,3-4,17-18,20H2,1-2H3,(H,29,31). The molecule has 0 aromatic heterocycles. The molecule has 0 spiro atoms. The molecule has 0 atom stereocenters. The van der Waals surface area contributed by atoms with E-state index in [1.165, 1.54) is 0 Å². The summed E-state index contributed by atoms with van der Waals surface area (Å²) >= 11 is 0. The molecule has 34 heavy (non-hydrogen) atoms. The monoisotopic (exact) mass is 461 g/mol. The second-order valence-corrected chi connectivity index (χ2v) is 7.44. The third-order valence-electron chi connectivity index (χ3n) is 5.03. The fourth-order valence-corrected chi connectivity index (χ4v) is 3.35. The van der Waals surface area contributed by atoms with Crippen LogP contribution in [-0.4, -0.2) is 44.7 Å². The molecule has 0 unspecified atom stereocenters. The Kier molecular flexibility index (Phi) is 9.49. The lowest BCUT2D eigenvalue weighted by Gasteiger charge is -2.21.